The SMILES string of the molecule is COc1cccc(C(=O)N2CCN(Cc3cccs3)CC2)c1. The molecule has 1 aromatic heterocycles. The van der Waals surface area contributed by atoms with Gasteiger partial charge in [0, 0.05) is 43.2 Å². The number of ether oxygens (including phenoxy) is 1. The van der Waals surface area contributed by atoms with Gasteiger partial charge >= 0.3 is 0 Å². The number of hydrogen-bond acceptors (Lipinski definition) is 4. The Morgan fingerprint density at radius 2 is 2.00 bits per heavy atom. The lowest BCUT2D eigenvalue weighted by Gasteiger charge is -2.34. The molecule has 0 spiro atoms. The van der Waals surface area contributed by atoms with E-state index in [1.54, 1.807) is 24.5 Å². The Hall–Kier alpha value is -1.85. The largest absolute Gasteiger partial charge is 0.497 e. The molecule has 22 heavy (non-hydrogen) atoms. The lowest BCUT2D eigenvalue weighted by molar-refractivity contribution is 0.0629. The molecule has 1 aromatic carbocycles. The van der Waals surface area contributed by atoms with Gasteiger partial charge in [0.05, 0.1) is 7.11 Å². The molecule has 0 bridgehead atoms. The second kappa shape index (κ2) is 6.94. The molecule has 1 aliphatic rings. The number of carbonyl (C=O) groups is 1. The van der Waals surface area contributed by atoms with Gasteiger partial charge in [0.1, 0.15) is 5.75 Å². The summed E-state index contributed by atoms with van der Waals surface area (Å²) in [6, 6.07) is 11.6. The van der Waals surface area contributed by atoms with E-state index in [-0.39, 0.29) is 5.91 Å². The fourth-order valence-electron chi connectivity index (χ4n) is 2.67. The Morgan fingerprint density at radius 1 is 1.18 bits per heavy atom. The zero-order valence-electron chi connectivity index (χ0n) is 12.7. The van der Waals surface area contributed by atoms with Crippen LogP contribution < -0.4 is 4.74 Å². The van der Waals surface area contributed by atoms with Crippen molar-refractivity contribution >= 4 is 17.2 Å². The summed E-state index contributed by atoms with van der Waals surface area (Å²) in [6.45, 7) is 4.39. The van der Waals surface area contributed by atoms with E-state index in [1.165, 1.54) is 4.88 Å². The summed E-state index contributed by atoms with van der Waals surface area (Å²) in [5.41, 5.74) is 0.700. The highest BCUT2D eigenvalue weighted by molar-refractivity contribution is 7.09. The molecule has 116 valence electrons. The summed E-state index contributed by atoms with van der Waals surface area (Å²) >= 11 is 1.79. The van der Waals surface area contributed by atoms with Crippen LogP contribution in [-0.4, -0.2) is 49.0 Å². The maximum Gasteiger partial charge on any atom is 0.254 e. The molecule has 1 saturated heterocycles. The standard InChI is InChI=1S/C17H20N2O2S/c1-21-15-5-2-4-14(12-15)17(20)19-9-7-18(8-10-19)13-16-6-3-11-22-16/h2-6,11-12H,7-10,13H2,1H3. The van der Waals surface area contributed by atoms with Crippen LogP contribution in [0.4, 0.5) is 0 Å². The predicted molar refractivity (Wildman–Crippen MR) is 88.5 cm³/mol. The first-order chi connectivity index (χ1) is 10.8. The maximum atomic E-state index is 12.5. The molecule has 1 fully saturated rings. The highest BCUT2D eigenvalue weighted by Crippen LogP contribution is 2.17. The van der Waals surface area contributed by atoms with Gasteiger partial charge in [-0.15, -0.1) is 11.3 Å². The summed E-state index contributed by atoms with van der Waals surface area (Å²) in [6.07, 6.45) is 0. The molecule has 0 atom stereocenters. The second-order valence-corrected chi connectivity index (χ2v) is 6.41. The monoisotopic (exact) mass is 316 g/mol. The molecule has 0 aliphatic carbocycles. The summed E-state index contributed by atoms with van der Waals surface area (Å²) in [4.78, 5) is 18.3. The van der Waals surface area contributed by atoms with E-state index in [9.17, 15) is 4.79 Å². The Kier molecular flexibility index (Phi) is 4.75. The Bertz CT molecular complexity index is 619. The van der Waals surface area contributed by atoms with Crippen molar-refractivity contribution in [3.8, 4) is 5.75 Å². The number of thiophene rings is 1. The molecule has 2 aromatic rings. The normalized spacial score (nSPS) is 15.8. The number of hydrogen-bond donors (Lipinski definition) is 0. The van der Waals surface area contributed by atoms with E-state index >= 15 is 0 Å². The topological polar surface area (TPSA) is 32.8 Å². The number of amides is 1. The van der Waals surface area contributed by atoms with Gasteiger partial charge < -0.3 is 9.64 Å². The molecule has 5 heteroatoms. The fraction of sp³-hybridized carbons (Fsp3) is 0.353. The minimum Gasteiger partial charge on any atom is -0.497 e. The van der Waals surface area contributed by atoms with Gasteiger partial charge in [0.2, 0.25) is 0 Å². The minimum absolute atomic E-state index is 0.0923. The number of rotatable bonds is 4. The van der Waals surface area contributed by atoms with Crippen LogP contribution >= 0.6 is 11.3 Å². The summed E-state index contributed by atoms with van der Waals surface area (Å²) in [7, 11) is 1.62. The van der Waals surface area contributed by atoms with Crippen LogP contribution in [0.1, 0.15) is 15.2 Å². The van der Waals surface area contributed by atoms with Gasteiger partial charge in [-0.3, -0.25) is 9.69 Å². The van der Waals surface area contributed by atoms with Crippen molar-refractivity contribution in [3.05, 3.63) is 52.2 Å². The van der Waals surface area contributed by atoms with E-state index in [2.05, 4.69) is 22.4 Å². The van der Waals surface area contributed by atoms with Crippen molar-refractivity contribution in [2.24, 2.45) is 0 Å². The average molecular weight is 316 g/mol. The molecule has 0 unspecified atom stereocenters. The zero-order chi connectivity index (χ0) is 15.4. The number of carbonyl (C=O) groups excluding carboxylic acids is 1. The quantitative estimate of drug-likeness (QED) is 0.869. The number of nitrogens with zero attached hydrogens (tertiary/aromatic N) is 2. The van der Waals surface area contributed by atoms with E-state index in [4.69, 9.17) is 4.74 Å². The number of methoxy groups -OCH3 is 1. The van der Waals surface area contributed by atoms with Crippen LogP contribution in [0, 0.1) is 0 Å². The molecular weight excluding hydrogens is 296 g/mol. The van der Waals surface area contributed by atoms with Crippen molar-refractivity contribution < 1.29 is 9.53 Å². The van der Waals surface area contributed by atoms with Crippen LogP contribution in [0.3, 0.4) is 0 Å². The zero-order valence-corrected chi connectivity index (χ0v) is 13.5. The van der Waals surface area contributed by atoms with Gasteiger partial charge in [-0.05, 0) is 29.6 Å². The van der Waals surface area contributed by atoms with Crippen LogP contribution in [0.5, 0.6) is 5.75 Å². The summed E-state index contributed by atoms with van der Waals surface area (Å²) in [5.74, 6) is 0.817. The van der Waals surface area contributed by atoms with Crippen molar-refractivity contribution in [2.75, 3.05) is 33.3 Å². The lowest BCUT2D eigenvalue weighted by Crippen LogP contribution is -2.48. The minimum atomic E-state index is 0.0923. The third kappa shape index (κ3) is 3.48. The molecular formula is C17H20N2O2S. The third-order valence-corrected chi connectivity index (χ3v) is 4.80. The predicted octanol–water partition coefficient (Wildman–Crippen LogP) is 2.71. The van der Waals surface area contributed by atoms with E-state index < -0.39 is 0 Å². The van der Waals surface area contributed by atoms with Gasteiger partial charge in [-0.25, -0.2) is 0 Å². The summed E-state index contributed by atoms with van der Waals surface area (Å²) in [5, 5.41) is 2.11. The number of benzene rings is 1. The van der Waals surface area contributed by atoms with Crippen LogP contribution in [0.15, 0.2) is 41.8 Å². The van der Waals surface area contributed by atoms with E-state index in [0.29, 0.717) is 5.56 Å². The smallest absolute Gasteiger partial charge is 0.254 e. The Balaban J connectivity index is 1.57. The van der Waals surface area contributed by atoms with Crippen LogP contribution in [0.25, 0.3) is 0 Å². The third-order valence-electron chi connectivity index (χ3n) is 3.94. The molecule has 4 nitrogen and oxygen atoms in total. The van der Waals surface area contributed by atoms with Crippen LogP contribution in [0.2, 0.25) is 0 Å². The molecule has 1 aliphatic heterocycles. The first-order valence-electron chi connectivity index (χ1n) is 7.44. The first-order valence-corrected chi connectivity index (χ1v) is 8.32. The average Bonchev–Trinajstić information content (AvgIpc) is 3.08. The summed E-state index contributed by atoms with van der Waals surface area (Å²) < 4.78 is 5.19. The lowest BCUT2D eigenvalue weighted by atomic mass is 10.1. The van der Waals surface area contributed by atoms with Crippen molar-refractivity contribution in [1.29, 1.82) is 0 Å². The van der Waals surface area contributed by atoms with Crippen LogP contribution in [-0.2, 0) is 6.54 Å². The number of piperazine rings is 1. The fourth-order valence-corrected chi connectivity index (χ4v) is 3.42. The Morgan fingerprint density at radius 3 is 2.68 bits per heavy atom. The highest BCUT2D eigenvalue weighted by atomic mass is 32.1. The molecule has 0 radical (unpaired) electrons. The van der Waals surface area contributed by atoms with Gasteiger partial charge in [0.15, 0.2) is 0 Å². The van der Waals surface area contributed by atoms with Gasteiger partial charge in [-0.2, -0.15) is 0 Å². The molecule has 0 saturated carbocycles. The second-order valence-electron chi connectivity index (χ2n) is 5.38. The highest BCUT2D eigenvalue weighted by Gasteiger charge is 2.22. The van der Waals surface area contributed by atoms with E-state index in [1.807, 2.05) is 23.1 Å². The maximum absolute atomic E-state index is 12.5. The van der Waals surface area contributed by atoms with E-state index in [0.717, 1.165) is 38.5 Å². The Labute approximate surface area is 134 Å². The van der Waals surface area contributed by atoms with Crippen molar-refractivity contribution in [2.45, 2.75) is 6.54 Å². The molecule has 0 N–H and O–H groups in total. The van der Waals surface area contributed by atoms with Gasteiger partial charge in [-0.1, -0.05) is 12.1 Å². The first kappa shape index (κ1) is 15.1. The van der Waals surface area contributed by atoms with Crippen molar-refractivity contribution in [1.82, 2.24) is 9.80 Å². The molecule has 2 heterocycles. The molecule has 1 amide bonds. The molecule has 3 rings (SSSR count). The van der Waals surface area contributed by atoms with Gasteiger partial charge in [0.25, 0.3) is 5.91 Å². The van der Waals surface area contributed by atoms with Crippen molar-refractivity contribution in [3.63, 3.8) is 0 Å².